The van der Waals surface area contributed by atoms with Gasteiger partial charge in [-0.25, -0.2) is 0 Å². The molecule has 0 saturated carbocycles. The number of rotatable bonds is 5. The van der Waals surface area contributed by atoms with E-state index >= 15 is 0 Å². The van der Waals surface area contributed by atoms with Crippen molar-refractivity contribution in [3.05, 3.63) is 42.3 Å². The number of alkyl halides is 1. The summed E-state index contributed by atoms with van der Waals surface area (Å²) >= 11 is 7.24. The summed E-state index contributed by atoms with van der Waals surface area (Å²) in [5, 5.41) is 7.97. The summed E-state index contributed by atoms with van der Waals surface area (Å²) in [5.41, 5.74) is 1.98. The van der Waals surface area contributed by atoms with Crippen LogP contribution in [0.15, 0.2) is 40.9 Å². The van der Waals surface area contributed by atoms with Crippen molar-refractivity contribution in [2.75, 3.05) is 19.0 Å². The van der Waals surface area contributed by atoms with Gasteiger partial charge in [-0.05, 0) is 44.1 Å². The van der Waals surface area contributed by atoms with E-state index in [-0.39, 0.29) is 17.6 Å². The quantitative estimate of drug-likeness (QED) is 0.467. The maximum absolute atomic E-state index is 13.2. The number of carbonyl (C=O) groups excluding carboxylic acids is 2. The van der Waals surface area contributed by atoms with Gasteiger partial charge in [0.05, 0.1) is 29.0 Å². The van der Waals surface area contributed by atoms with Gasteiger partial charge in [-0.3, -0.25) is 14.3 Å². The molecule has 0 bridgehead atoms. The lowest BCUT2D eigenvalue weighted by Crippen LogP contribution is -2.50. The number of Topliss-reactive ketones (excluding diaryl/α,β-unsaturated/α-hetero) is 1. The van der Waals surface area contributed by atoms with Gasteiger partial charge in [0.1, 0.15) is 16.8 Å². The molecule has 1 amide bonds. The number of hydrogen-bond donors (Lipinski definition) is 1. The number of aromatic nitrogens is 2. The van der Waals surface area contributed by atoms with Crippen molar-refractivity contribution in [3.63, 3.8) is 0 Å². The van der Waals surface area contributed by atoms with E-state index in [9.17, 15) is 9.59 Å². The number of benzene rings is 1. The second-order valence-corrected chi connectivity index (χ2v) is 9.76. The Morgan fingerprint density at radius 3 is 2.90 bits per heavy atom. The minimum atomic E-state index is -0.725. The Kier molecular flexibility index (Phi) is 5.32. The van der Waals surface area contributed by atoms with Crippen LogP contribution in [0.4, 0.5) is 0 Å². The Labute approximate surface area is 189 Å². The molecule has 7 nitrogen and oxygen atoms in total. The van der Waals surface area contributed by atoms with Crippen LogP contribution in [-0.4, -0.2) is 55.5 Å². The highest BCUT2D eigenvalue weighted by Crippen LogP contribution is 2.48. The van der Waals surface area contributed by atoms with E-state index in [1.54, 1.807) is 0 Å². The van der Waals surface area contributed by atoms with Crippen molar-refractivity contribution in [1.82, 2.24) is 20.0 Å². The Morgan fingerprint density at radius 1 is 1.32 bits per heavy atom. The number of thioether (sulfide) groups is 1. The Hall–Kier alpha value is -2.29. The first-order chi connectivity index (χ1) is 15.0. The lowest BCUT2D eigenvalue weighted by molar-refractivity contribution is -0.136. The predicted octanol–water partition coefficient (Wildman–Crippen LogP) is 3.16. The number of furan rings is 1. The van der Waals surface area contributed by atoms with Crippen molar-refractivity contribution in [3.8, 4) is 11.3 Å². The van der Waals surface area contributed by atoms with E-state index in [0.29, 0.717) is 12.3 Å². The van der Waals surface area contributed by atoms with E-state index in [2.05, 4.69) is 10.4 Å². The fourth-order valence-electron chi connectivity index (χ4n) is 4.45. The first-order valence-corrected chi connectivity index (χ1v) is 11.7. The number of hydrogen-bond acceptors (Lipinski definition) is 6. The number of amides is 1. The summed E-state index contributed by atoms with van der Waals surface area (Å²) in [6.07, 6.45) is 3.42. The molecule has 1 N–H and O–H groups in total. The second-order valence-electron chi connectivity index (χ2n) is 8.03. The third kappa shape index (κ3) is 3.56. The van der Waals surface area contributed by atoms with Crippen molar-refractivity contribution < 1.29 is 14.0 Å². The van der Waals surface area contributed by atoms with Gasteiger partial charge < -0.3 is 14.6 Å². The molecule has 1 unspecified atom stereocenters. The van der Waals surface area contributed by atoms with Crippen LogP contribution in [0.2, 0.25) is 0 Å². The average Bonchev–Trinajstić information content (AvgIpc) is 3.48. The lowest BCUT2D eigenvalue weighted by Gasteiger charge is -2.40. The molecule has 3 aromatic rings. The van der Waals surface area contributed by atoms with E-state index in [0.717, 1.165) is 48.2 Å². The van der Waals surface area contributed by atoms with Crippen LogP contribution in [0.5, 0.6) is 0 Å². The molecule has 2 aromatic heterocycles. The highest BCUT2D eigenvalue weighted by molar-refractivity contribution is 8.03. The molecule has 0 radical (unpaired) electrons. The number of carbonyl (C=O) groups is 2. The molecule has 2 saturated heterocycles. The van der Waals surface area contributed by atoms with Gasteiger partial charge in [0, 0.05) is 18.0 Å². The van der Waals surface area contributed by atoms with Gasteiger partial charge in [0.25, 0.3) is 0 Å². The summed E-state index contributed by atoms with van der Waals surface area (Å²) in [6.45, 7) is 1.96. The number of fused-ring (bicyclic) bond motifs is 1. The first kappa shape index (κ1) is 20.6. The van der Waals surface area contributed by atoms with Crippen molar-refractivity contribution in [2.24, 2.45) is 7.05 Å². The number of nitrogens with zero attached hydrogens (tertiary/aromatic N) is 3. The second kappa shape index (κ2) is 8.00. The maximum atomic E-state index is 13.2. The van der Waals surface area contributed by atoms with Gasteiger partial charge in [-0.2, -0.15) is 5.10 Å². The van der Waals surface area contributed by atoms with Crippen LogP contribution < -0.4 is 5.32 Å². The predicted molar refractivity (Wildman–Crippen MR) is 121 cm³/mol. The highest BCUT2D eigenvalue weighted by Gasteiger charge is 2.54. The molecule has 5 rings (SSSR count). The maximum Gasteiger partial charge on any atom is 0.244 e. The first-order valence-electron chi connectivity index (χ1n) is 10.3. The van der Waals surface area contributed by atoms with Crippen LogP contribution in [0.3, 0.4) is 0 Å². The third-order valence-electron chi connectivity index (χ3n) is 6.14. The smallest absolute Gasteiger partial charge is 0.244 e. The SMILES string of the molecule is Cn1ncc2ccc(-c3ccc(CN4C(=O)C(C(=O)CCl)SC45CCNCC5)o3)cc21. The molecule has 4 heterocycles. The van der Waals surface area contributed by atoms with Gasteiger partial charge in [-0.1, -0.05) is 12.1 Å². The summed E-state index contributed by atoms with van der Waals surface area (Å²) in [4.78, 5) is 26.9. The topological polar surface area (TPSA) is 80.4 Å². The summed E-state index contributed by atoms with van der Waals surface area (Å²) < 4.78 is 7.97. The number of nitrogens with one attached hydrogen (secondary N) is 1. The van der Waals surface area contributed by atoms with Crippen molar-refractivity contribution in [2.45, 2.75) is 29.5 Å². The highest BCUT2D eigenvalue weighted by atomic mass is 35.5. The van der Waals surface area contributed by atoms with Crippen LogP contribution in [0.1, 0.15) is 18.6 Å². The van der Waals surface area contributed by atoms with Crippen LogP contribution in [-0.2, 0) is 23.2 Å². The van der Waals surface area contributed by atoms with Gasteiger partial charge in [-0.15, -0.1) is 23.4 Å². The Balaban J connectivity index is 1.42. The molecule has 31 heavy (non-hydrogen) atoms. The number of aryl methyl sites for hydroxylation is 1. The van der Waals surface area contributed by atoms with Gasteiger partial charge >= 0.3 is 0 Å². The van der Waals surface area contributed by atoms with Crippen molar-refractivity contribution >= 4 is 46.0 Å². The van der Waals surface area contributed by atoms with Crippen molar-refractivity contribution in [1.29, 1.82) is 0 Å². The molecule has 1 spiro atoms. The van der Waals surface area contributed by atoms with E-state index < -0.39 is 10.1 Å². The fourth-order valence-corrected chi connectivity index (χ4v) is 6.30. The van der Waals surface area contributed by atoms with Crippen LogP contribution >= 0.6 is 23.4 Å². The molecule has 162 valence electrons. The normalized spacial score (nSPS) is 20.8. The minimum absolute atomic E-state index is 0.146. The van der Waals surface area contributed by atoms with Crippen LogP contribution in [0, 0.1) is 0 Å². The number of halogens is 1. The van der Waals surface area contributed by atoms with Gasteiger partial charge in [0.15, 0.2) is 5.78 Å². The zero-order valence-electron chi connectivity index (χ0n) is 17.1. The average molecular weight is 459 g/mol. The van der Waals surface area contributed by atoms with E-state index in [1.165, 1.54) is 11.8 Å². The summed E-state index contributed by atoms with van der Waals surface area (Å²) in [7, 11) is 1.91. The lowest BCUT2D eigenvalue weighted by atomic mass is 10.0. The third-order valence-corrected chi connectivity index (χ3v) is 8.17. The Morgan fingerprint density at radius 2 is 2.13 bits per heavy atom. The molecule has 2 aliphatic heterocycles. The zero-order valence-corrected chi connectivity index (χ0v) is 18.7. The molecule has 9 heteroatoms. The monoisotopic (exact) mass is 458 g/mol. The summed E-state index contributed by atoms with van der Waals surface area (Å²) in [6, 6.07) is 9.91. The van der Waals surface area contributed by atoms with Gasteiger partial charge in [0.2, 0.25) is 5.91 Å². The molecular formula is C22H23ClN4O3S. The molecule has 2 aliphatic rings. The molecule has 1 atom stereocenters. The summed E-state index contributed by atoms with van der Waals surface area (Å²) in [5.74, 6) is 0.914. The number of piperidine rings is 1. The zero-order chi connectivity index (χ0) is 21.6. The number of ketones is 1. The fraction of sp³-hybridized carbons (Fsp3) is 0.409. The standard InChI is InChI=1S/C22H23ClN4O3S/c1-26-17-10-14(2-3-15(17)12-25-26)19-5-4-16(30-19)13-27-21(29)20(18(28)11-23)31-22(27)6-8-24-9-7-22/h2-5,10,12,20,24H,6-9,11,13H2,1H3. The molecule has 2 fully saturated rings. The molecule has 0 aliphatic carbocycles. The van der Waals surface area contributed by atoms with E-state index in [1.807, 2.05) is 53.2 Å². The van der Waals surface area contributed by atoms with E-state index in [4.69, 9.17) is 16.0 Å². The largest absolute Gasteiger partial charge is 0.459 e. The molecule has 1 aromatic carbocycles. The Bertz CT molecular complexity index is 1150. The van der Waals surface area contributed by atoms with Crippen LogP contribution in [0.25, 0.3) is 22.2 Å². The molecular weight excluding hydrogens is 436 g/mol. The minimum Gasteiger partial charge on any atom is -0.459 e.